The number of nitrogens with one attached hydrogen (secondary N) is 3. The SMILES string of the molecule is C[C@H]1CCc2c(sc3nc([C@@H](C)[NH+]4CCNC(=O)C4)[nH]c(=O)c23)C1. The molecule has 1 saturated heterocycles. The molecule has 7 heteroatoms. The van der Waals surface area contributed by atoms with Gasteiger partial charge in [-0.05, 0) is 37.7 Å². The fourth-order valence-electron chi connectivity index (χ4n) is 3.85. The van der Waals surface area contributed by atoms with Crippen LogP contribution >= 0.6 is 11.3 Å². The van der Waals surface area contributed by atoms with E-state index in [4.69, 9.17) is 4.98 Å². The first-order valence-electron chi connectivity index (χ1n) is 8.68. The van der Waals surface area contributed by atoms with Crippen molar-refractivity contribution in [2.45, 2.75) is 39.2 Å². The average molecular weight is 347 g/mol. The number of hydrogen-bond donors (Lipinski definition) is 3. The molecule has 24 heavy (non-hydrogen) atoms. The zero-order chi connectivity index (χ0) is 16.8. The van der Waals surface area contributed by atoms with Gasteiger partial charge in [0.05, 0.1) is 18.5 Å². The van der Waals surface area contributed by atoms with E-state index in [0.717, 1.165) is 40.9 Å². The van der Waals surface area contributed by atoms with Crippen LogP contribution in [0, 0.1) is 5.92 Å². The minimum Gasteiger partial charge on any atom is -0.346 e. The number of nitrogens with zero attached hydrogens (tertiary/aromatic N) is 1. The molecule has 6 nitrogen and oxygen atoms in total. The zero-order valence-electron chi connectivity index (χ0n) is 14.1. The smallest absolute Gasteiger partial charge is 0.275 e. The van der Waals surface area contributed by atoms with Crippen LogP contribution < -0.4 is 15.8 Å². The van der Waals surface area contributed by atoms with Crippen LogP contribution in [-0.2, 0) is 17.6 Å². The Balaban J connectivity index is 1.73. The average Bonchev–Trinajstić information content (AvgIpc) is 2.91. The molecule has 2 aromatic rings. The van der Waals surface area contributed by atoms with Gasteiger partial charge in [-0.1, -0.05) is 6.92 Å². The van der Waals surface area contributed by atoms with E-state index in [9.17, 15) is 9.59 Å². The van der Waals surface area contributed by atoms with Crippen molar-refractivity contribution in [3.05, 3.63) is 26.6 Å². The Morgan fingerprint density at radius 3 is 3.00 bits per heavy atom. The molecule has 0 saturated carbocycles. The molecule has 0 radical (unpaired) electrons. The van der Waals surface area contributed by atoms with Crippen LogP contribution in [0.1, 0.15) is 42.6 Å². The number of hydrogen-bond acceptors (Lipinski definition) is 4. The molecule has 3 atom stereocenters. The van der Waals surface area contributed by atoms with Gasteiger partial charge in [0.25, 0.3) is 11.5 Å². The van der Waals surface area contributed by atoms with Crippen LogP contribution in [-0.4, -0.2) is 35.5 Å². The Kier molecular flexibility index (Phi) is 3.92. The molecule has 2 aliphatic rings. The molecule has 3 N–H and O–H groups in total. The molecular weight excluding hydrogens is 324 g/mol. The molecule has 1 unspecified atom stereocenters. The Morgan fingerprint density at radius 1 is 1.38 bits per heavy atom. The van der Waals surface area contributed by atoms with Gasteiger partial charge in [0.2, 0.25) is 0 Å². The van der Waals surface area contributed by atoms with Crippen molar-refractivity contribution in [2.24, 2.45) is 5.92 Å². The summed E-state index contributed by atoms with van der Waals surface area (Å²) in [7, 11) is 0. The van der Waals surface area contributed by atoms with Crippen molar-refractivity contribution in [1.29, 1.82) is 0 Å². The van der Waals surface area contributed by atoms with Gasteiger partial charge in [-0.25, -0.2) is 4.98 Å². The summed E-state index contributed by atoms with van der Waals surface area (Å²) in [5, 5.41) is 3.64. The summed E-state index contributed by atoms with van der Waals surface area (Å²) in [5.41, 5.74) is 1.19. The van der Waals surface area contributed by atoms with E-state index in [1.54, 1.807) is 11.3 Å². The fourth-order valence-corrected chi connectivity index (χ4v) is 5.24. The summed E-state index contributed by atoms with van der Waals surface area (Å²) in [5.74, 6) is 1.44. The number of fused-ring (bicyclic) bond motifs is 3. The van der Waals surface area contributed by atoms with Gasteiger partial charge in [-0.3, -0.25) is 9.59 Å². The van der Waals surface area contributed by atoms with Gasteiger partial charge in [0.1, 0.15) is 10.9 Å². The van der Waals surface area contributed by atoms with Crippen LogP contribution in [0.15, 0.2) is 4.79 Å². The predicted octanol–water partition coefficient (Wildman–Crippen LogP) is 0.185. The Bertz CT molecular complexity index is 856. The van der Waals surface area contributed by atoms with Crippen molar-refractivity contribution in [1.82, 2.24) is 15.3 Å². The summed E-state index contributed by atoms with van der Waals surface area (Å²) in [6, 6.07) is 0.00574. The summed E-state index contributed by atoms with van der Waals surface area (Å²) in [6.45, 7) is 6.27. The third-order valence-electron chi connectivity index (χ3n) is 5.36. The Labute approximate surface area is 144 Å². The molecule has 1 fully saturated rings. The molecule has 0 spiro atoms. The van der Waals surface area contributed by atoms with Crippen LogP contribution in [0.5, 0.6) is 0 Å². The number of amides is 1. The topological polar surface area (TPSA) is 79.3 Å². The molecule has 1 aliphatic carbocycles. The molecule has 1 amide bonds. The summed E-state index contributed by atoms with van der Waals surface area (Å²) >= 11 is 1.68. The number of thiophene rings is 1. The minimum atomic E-state index is -0.0187. The maximum Gasteiger partial charge on any atom is 0.275 e. The first kappa shape index (κ1) is 15.8. The molecule has 1 aliphatic heterocycles. The van der Waals surface area contributed by atoms with Gasteiger partial charge < -0.3 is 15.2 Å². The second-order valence-corrected chi connectivity index (χ2v) is 8.22. The number of carbonyl (C=O) groups is 1. The lowest BCUT2D eigenvalue weighted by Crippen LogP contribution is -3.15. The summed E-state index contributed by atoms with van der Waals surface area (Å²) in [4.78, 5) is 35.4. The number of piperazine rings is 1. The predicted molar refractivity (Wildman–Crippen MR) is 93.6 cm³/mol. The summed E-state index contributed by atoms with van der Waals surface area (Å²) < 4.78 is 0. The lowest BCUT2D eigenvalue weighted by atomic mass is 9.89. The normalized spacial score (nSPS) is 25.3. The monoisotopic (exact) mass is 347 g/mol. The van der Waals surface area contributed by atoms with Crippen molar-refractivity contribution in [2.75, 3.05) is 19.6 Å². The van der Waals surface area contributed by atoms with Crippen LogP contribution in [0.2, 0.25) is 0 Å². The first-order valence-corrected chi connectivity index (χ1v) is 9.50. The zero-order valence-corrected chi connectivity index (χ0v) is 14.9. The molecule has 128 valence electrons. The van der Waals surface area contributed by atoms with Crippen LogP contribution in [0.4, 0.5) is 0 Å². The van der Waals surface area contributed by atoms with E-state index < -0.39 is 0 Å². The number of H-pyrrole nitrogens is 1. The number of aromatic amines is 1. The maximum absolute atomic E-state index is 12.7. The third kappa shape index (κ3) is 2.65. The quantitative estimate of drug-likeness (QED) is 0.725. The second-order valence-electron chi connectivity index (χ2n) is 7.14. The fraction of sp³-hybridized carbons (Fsp3) is 0.588. The van der Waals surface area contributed by atoms with Gasteiger partial charge in [0, 0.05) is 4.88 Å². The number of quaternary nitrogens is 1. The molecule has 4 rings (SSSR count). The van der Waals surface area contributed by atoms with Gasteiger partial charge >= 0.3 is 0 Å². The Morgan fingerprint density at radius 2 is 2.21 bits per heavy atom. The Hall–Kier alpha value is -1.73. The largest absolute Gasteiger partial charge is 0.346 e. The number of rotatable bonds is 2. The lowest BCUT2D eigenvalue weighted by molar-refractivity contribution is -0.924. The summed E-state index contributed by atoms with van der Waals surface area (Å²) in [6.07, 6.45) is 3.18. The van der Waals surface area contributed by atoms with Gasteiger partial charge in [0.15, 0.2) is 12.4 Å². The van der Waals surface area contributed by atoms with Crippen molar-refractivity contribution in [3.63, 3.8) is 0 Å². The standard InChI is InChI=1S/C17H22N4O2S/c1-9-3-4-11-12(7-9)24-17-14(11)16(23)19-15(20-17)10(2)21-6-5-18-13(22)8-21/h9-10H,3-8H2,1-2H3,(H,18,22)(H,19,20,23)/p+1/t9-,10+/m0/s1. The van der Waals surface area contributed by atoms with E-state index in [1.807, 2.05) is 6.92 Å². The van der Waals surface area contributed by atoms with E-state index >= 15 is 0 Å². The second kappa shape index (κ2) is 5.97. The van der Waals surface area contributed by atoms with E-state index in [1.165, 1.54) is 10.4 Å². The highest BCUT2D eigenvalue weighted by molar-refractivity contribution is 7.18. The number of aromatic nitrogens is 2. The highest BCUT2D eigenvalue weighted by atomic mass is 32.1. The van der Waals surface area contributed by atoms with Crippen molar-refractivity contribution < 1.29 is 9.69 Å². The van der Waals surface area contributed by atoms with Gasteiger partial charge in [-0.2, -0.15) is 0 Å². The lowest BCUT2D eigenvalue weighted by Gasteiger charge is -2.28. The highest BCUT2D eigenvalue weighted by Gasteiger charge is 2.29. The molecular formula is C17H23N4O2S+. The van der Waals surface area contributed by atoms with Gasteiger partial charge in [-0.15, -0.1) is 11.3 Å². The molecule has 2 aromatic heterocycles. The van der Waals surface area contributed by atoms with Crippen molar-refractivity contribution in [3.8, 4) is 0 Å². The first-order chi connectivity index (χ1) is 11.5. The highest BCUT2D eigenvalue weighted by Crippen LogP contribution is 2.35. The molecule has 3 heterocycles. The third-order valence-corrected chi connectivity index (χ3v) is 6.51. The minimum absolute atomic E-state index is 0.00574. The van der Waals surface area contributed by atoms with E-state index in [2.05, 4.69) is 17.2 Å². The number of aryl methyl sites for hydroxylation is 1. The van der Waals surface area contributed by atoms with Crippen molar-refractivity contribution >= 4 is 27.5 Å². The van der Waals surface area contributed by atoms with Crippen LogP contribution in [0.3, 0.4) is 0 Å². The van der Waals surface area contributed by atoms with E-state index in [0.29, 0.717) is 24.8 Å². The maximum atomic E-state index is 12.7. The molecule has 0 aromatic carbocycles. The number of carbonyl (C=O) groups excluding carboxylic acids is 1. The van der Waals surface area contributed by atoms with E-state index in [-0.39, 0.29) is 17.5 Å². The molecule has 0 bridgehead atoms. The van der Waals surface area contributed by atoms with Crippen LogP contribution in [0.25, 0.3) is 10.2 Å².